The topological polar surface area (TPSA) is 59.8 Å². The van der Waals surface area contributed by atoms with E-state index in [4.69, 9.17) is 0 Å². The fourth-order valence-electron chi connectivity index (χ4n) is 2.76. The van der Waals surface area contributed by atoms with Crippen LogP contribution in [0.4, 0.5) is 10.1 Å². The van der Waals surface area contributed by atoms with E-state index < -0.39 is 6.17 Å². The molecule has 5 nitrogen and oxygen atoms in total. The lowest BCUT2D eigenvalue weighted by Gasteiger charge is -2.30. The van der Waals surface area contributed by atoms with Crippen LogP contribution in [-0.2, 0) is 0 Å². The maximum atomic E-state index is 14.3. The third-order valence-corrected chi connectivity index (χ3v) is 3.90. The molecular weight excluding hydrogens is 295 g/mol. The molecule has 0 radical (unpaired) electrons. The second kappa shape index (κ2) is 5.01. The molecule has 0 amide bonds. The lowest BCUT2D eigenvalue weighted by atomic mass is 10.1. The van der Waals surface area contributed by atoms with Crippen LogP contribution < -0.4 is 10.9 Å². The van der Waals surface area contributed by atoms with Gasteiger partial charge >= 0.3 is 0 Å². The number of aromatic nitrogens is 3. The fraction of sp³-hybridized carbons (Fsp3) is 0.118. The summed E-state index contributed by atoms with van der Waals surface area (Å²) in [5, 5.41) is 7.60. The van der Waals surface area contributed by atoms with Crippen molar-refractivity contribution in [3.63, 3.8) is 0 Å². The summed E-state index contributed by atoms with van der Waals surface area (Å²) in [6.45, 7) is 1.60. The molecule has 0 bridgehead atoms. The van der Waals surface area contributed by atoms with Gasteiger partial charge in [-0.15, -0.1) is 0 Å². The van der Waals surface area contributed by atoms with E-state index in [-0.39, 0.29) is 17.1 Å². The van der Waals surface area contributed by atoms with Gasteiger partial charge in [-0.25, -0.2) is 9.07 Å². The third kappa shape index (κ3) is 2.11. The minimum absolute atomic E-state index is 0.274. The highest BCUT2D eigenvalue weighted by molar-refractivity contribution is 5.76. The van der Waals surface area contributed by atoms with Crippen LogP contribution >= 0.6 is 0 Å². The zero-order chi connectivity index (χ0) is 16.0. The quantitative estimate of drug-likeness (QED) is 0.751. The third-order valence-electron chi connectivity index (χ3n) is 3.90. The van der Waals surface area contributed by atoms with Crippen molar-refractivity contribution in [2.75, 3.05) is 5.32 Å². The molecule has 0 spiro atoms. The van der Waals surface area contributed by atoms with Gasteiger partial charge in [-0.1, -0.05) is 30.3 Å². The Morgan fingerprint density at radius 2 is 1.87 bits per heavy atom. The van der Waals surface area contributed by atoms with Crippen molar-refractivity contribution in [3.8, 4) is 11.4 Å². The summed E-state index contributed by atoms with van der Waals surface area (Å²) in [5.41, 5.74) is 1.90. The van der Waals surface area contributed by atoms with Crippen LogP contribution in [0.1, 0.15) is 17.4 Å². The first-order valence-electron chi connectivity index (χ1n) is 7.23. The molecule has 1 aromatic heterocycles. The summed E-state index contributed by atoms with van der Waals surface area (Å²) in [5.74, 6) is 0.0942. The maximum Gasteiger partial charge on any atom is 0.294 e. The van der Waals surface area contributed by atoms with Crippen LogP contribution in [-0.4, -0.2) is 14.8 Å². The molecular formula is C17H13FN4O. The SMILES string of the molecule is Cc1nn2c(nc1=O)-c1ccccc1NC2c1ccccc1F. The molecule has 0 saturated heterocycles. The van der Waals surface area contributed by atoms with Crippen LogP contribution in [0.3, 0.4) is 0 Å². The van der Waals surface area contributed by atoms with Crippen molar-refractivity contribution in [1.29, 1.82) is 0 Å². The van der Waals surface area contributed by atoms with Gasteiger partial charge in [0, 0.05) is 16.8 Å². The zero-order valence-corrected chi connectivity index (χ0v) is 12.3. The van der Waals surface area contributed by atoms with Gasteiger partial charge in [0.15, 0.2) is 12.0 Å². The van der Waals surface area contributed by atoms with Gasteiger partial charge in [0.1, 0.15) is 11.5 Å². The highest BCUT2D eigenvalue weighted by Crippen LogP contribution is 2.36. The Morgan fingerprint density at radius 1 is 1.13 bits per heavy atom. The summed E-state index contributed by atoms with van der Waals surface area (Å²) in [7, 11) is 0. The number of benzene rings is 2. The van der Waals surface area contributed by atoms with Crippen molar-refractivity contribution in [2.45, 2.75) is 13.1 Å². The first kappa shape index (κ1) is 13.6. The molecule has 1 unspecified atom stereocenters. The van der Waals surface area contributed by atoms with Crippen molar-refractivity contribution in [1.82, 2.24) is 14.8 Å². The lowest BCUT2D eigenvalue weighted by Crippen LogP contribution is -2.32. The molecule has 1 atom stereocenters. The van der Waals surface area contributed by atoms with Gasteiger partial charge in [0.2, 0.25) is 0 Å². The minimum atomic E-state index is -0.562. The Kier molecular flexibility index (Phi) is 2.97. The lowest BCUT2D eigenvalue weighted by molar-refractivity contribution is 0.507. The average Bonchev–Trinajstić information content (AvgIpc) is 2.56. The van der Waals surface area contributed by atoms with Gasteiger partial charge in [-0.2, -0.15) is 10.1 Å². The van der Waals surface area contributed by atoms with Crippen molar-refractivity contribution in [2.24, 2.45) is 0 Å². The van der Waals surface area contributed by atoms with Crippen LogP contribution in [0.5, 0.6) is 0 Å². The average molecular weight is 308 g/mol. The summed E-state index contributed by atoms with van der Waals surface area (Å²) >= 11 is 0. The highest BCUT2D eigenvalue weighted by Gasteiger charge is 2.28. The number of fused-ring (bicyclic) bond motifs is 3. The van der Waals surface area contributed by atoms with E-state index in [1.807, 2.05) is 24.3 Å². The number of hydrogen-bond acceptors (Lipinski definition) is 4. The van der Waals surface area contributed by atoms with Gasteiger partial charge in [-0.05, 0) is 25.1 Å². The molecule has 23 heavy (non-hydrogen) atoms. The molecule has 1 N–H and O–H groups in total. The normalized spacial score (nSPS) is 15.5. The Morgan fingerprint density at radius 3 is 2.70 bits per heavy atom. The number of aryl methyl sites for hydroxylation is 1. The zero-order valence-electron chi connectivity index (χ0n) is 12.3. The number of anilines is 1. The molecule has 2 aromatic carbocycles. The van der Waals surface area contributed by atoms with Gasteiger partial charge < -0.3 is 5.32 Å². The molecule has 0 fully saturated rings. The van der Waals surface area contributed by atoms with E-state index in [0.29, 0.717) is 11.4 Å². The molecule has 1 aliphatic heterocycles. The van der Waals surface area contributed by atoms with Gasteiger partial charge in [0.25, 0.3) is 5.56 Å². The van der Waals surface area contributed by atoms with E-state index in [1.54, 1.807) is 29.8 Å². The molecule has 2 heterocycles. The number of halogens is 1. The molecule has 4 rings (SSSR count). The largest absolute Gasteiger partial charge is 0.359 e. The molecule has 114 valence electrons. The standard InChI is InChI=1S/C17H13FN4O/c1-10-17(23)20-16-12-7-3-5-9-14(12)19-15(22(16)21-10)11-6-2-4-8-13(11)18/h2-9,15,19H,1H3. The predicted octanol–water partition coefficient (Wildman–Crippen LogP) is 2.73. The monoisotopic (exact) mass is 308 g/mol. The minimum Gasteiger partial charge on any atom is -0.359 e. The number of nitrogens with zero attached hydrogens (tertiary/aromatic N) is 3. The number of rotatable bonds is 1. The summed E-state index contributed by atoms with van der Waals surface area (Å²) in [6.07, 6.45) is -0.562. The van der Waals surface area contributed by atoms with Crippen molar-refractivity contribution < 1.29 is 4.39 Å². The van der Waals surface area contributed by atoms with Crippen LogP contribution in [0, 0.1) is 12.7 Å². The van der Waals surface area contributed by atoms with Gasteiger partial charge in [-0.3, -0.25) is 4.79 Å². The fourth-order valence-corrected chi connectivity index (χ4v) is 2.76. The number of hydrogen-bond donors (Lipinski definition) is 1. The second-order valence-electron chi connectivity index (χ2n) is 5.38. The predicted molar refractivity (Wildman–Crippen MR) is 84.6 cm³/mol. The van der Waals surface area contributed by atoms with Crippen molar-refractivity contribution in [3.05, 3.63) is 76.0 Å². The Balaban J connectivity index is 2.01. The smallest absolute Gasteiger partial charge is 0.294 e. The molecule has 6 heteroatoms. The number of nitrogens with one attached hydrogen (secondary N) is 1. The summed E-state index contributed by atoms with van der Waals surface area (Å²) < 4.78 is 15.8. The second-order valence-corrected chi connectivity index (χ2v) is 5.38. The molecule has 0 aliphatic carbocycles. The van der Waals surface area contributed by atoms with E-state index in [0.717, 1.165) is 11.3 Å². The van der Waals surface area contributed by atoms with Crippen molar-refractivity contribution >= 4 is 5.69 Å². The van der Waals surface area contributed by atoms with Crippen LogP contribution in [0.25, 0.3) is 11.4 Å². The molecule has 3 aromatic rings. The van der Waals surface area contributed by atoms with Crippen LogP contribution in [0.15, 0.2) is 53.3 Å². The van der Waals surface area contributed by atoms with E-state index in [1.165, 1.54) is 6.07 Å². The first-order valence-corrected chi connectivity index (χ1v) is 7.23. The molecule has 1 aliphatic rings. The van der Waals surface area contributed by atoms with Crippen LogP contribution in [0.2, 0.25) is 0 Å². The van der Waals surface area contributed by atoms with E-state index in [2.05, 4.69) is 15.4 Å². The highest BCUT2D eigenvalue weighted by atomic mass is 19.1. The molecule has 0 saturated carbocycles. The number of para-hydroxylation sites is 1. The Labute approximate surface area is 131 Å². The first-order chi connectivity index (χ1) is 11.1. The van der Waals surface area contributed by atoms with E-state index in [9.17, 15) is 9.18 Å². The summed E-state index contributed by atoms with van der Waals surface area (Å²) in [6, 6.07) is 14.0. The van der Waals surface area contributed by atoms with E-state index >= 15 is 0 Å². The van der Waals surface area contributed by atoms with Gasteiger partial charge in [0.05, 0.1) is 0 Å². The Hall–Kier alpha value is -3.02. The Bertz CT molecular complexity index is 967. The summed E-state index contributed by atoms with van der Waals surface area (Å²) in [4.78, 5) is 16.1. The maximum absolute atomic E-state index is 14.3.